The zero-order valence-corrected chi connectivity index (χ0v) is 13.0. The third kappa shape index (κ3) is 14.6. The normalized spacial score (nSPS) is 14.1. The predicted molar refractivity (Wildman–Crippen MR) is 68.9 cm³/mol. The summed E-state index contributed by atoms with van der Waals surface area (Å²) in [7, 11) is -3.28. The molecule has 108 valence electrons. The van der Waals surface area contributed by atoms with Crippen molar-refractivity contribution in [1.82, 2.24) is 0 Å². The molecular weight excluding hydrogens is 282 g/mol. The molecule has 1 atom stereocenters. The van der Waals surface area contributed by atoms with Crippen LogP contribution in [0.5, 0.6) is 0 Å². The van der Waals surface area contributed by atoms with Crippen LogP contribution in [0.4, 0.5) is 0 Å². The molecule has 0 saturated heterocycles. The Balaban J connectivity index is 0. The first-order chi connectivity index (χ1) is 7.62. The van der Waals surface area contributed by atoms with Crippen LogP contribution in [0.15, 0.2) is 0 Å². The first kappa shape index (κ1) is 20.0. The molecule has 0 heterocycles. The fraction of sp³-hybridized carbons (Fsp3) is 1.00. The molecule has 0 aromatic heterocycles. The van der Waals surface area contributed by atoms with Crippen LogP contribution in [-0.2, 0) is 25.6 Å². The molecule has 0 aliphatic carbocycles. The molecule has 0 aromatic carbocycles. The minimum absolute atomic E-state index is 0. The Morgan fingerprint density at radius 2 is 1.47 bits per heavy atom. The monoisotopic (exact) mass is 308 g/mol. The molecule has 5 heteroatoms. The van der Waals surface area contributed by atoms with Crippen molar-refractivity contribution in [3.05, 3.63) is 0 Å². The van der Waals surface area contributed by atoms with Crippen LogP contribution in [0.2, 0.25) is 0 Å². The maximum absolute atomic E-state index is 11.5. The molecule has 17 heavy (non-hydrogen) atoms. The van der Waals surface area contributed by atoms with Crippen molar-refractivity contribution >= 4 is 7.60 Å². The summed E-state index contributed by atoms with van der Waals surface area (Å²) >= 11 is 0. The second-order valence-electron chi connectivity index (χ2n) is 4.32. The van der Waals surface area contributed by atoms with E-state index in [9.17, 15) is 9.46 Å². The van der Waals surface area contributed by atoms with E-state index in [0.29, 0.717) is 12.8 Å². The summed E-state index contributed by atoms with van der Waals surface area (Å²) in [6, 6.07) is 0. The molecular formula is C12H27NiO3P. The van der Waals surface area contributed by atoms with E-state index in [1.807, 2.05) is 0 Å². The average Bonchev–Trinajstić information content (AvgIpc) is 2.24. The molecule has 1 unspecified atom stereocenters. The van der Waals surface area contributed by atoms with Gasteiger partial charge in [-0.1, -0.05) is 52.4 Å². The van der Waals surface area contributed by atoms with Crippen LogP contribution >= 0.6 is 7.60 Å². The van der Waals surface area contributed by atoms with E-state index >= 15 is 0 Å². The Morgan fingerprint density at radius 1 is 0.941 bits per heavy atom. The first-order valence-corrected chi connectivity index (χ1v) is 8.35. The van der Waals surface area contributed by atoms with Gasteiger partial charge in [-0.3, -0.25) is 4.57 Å². The zero-order chi connectivity index (χ0) is 12.3. The molecule has 0 aliphatic heterocycles. The molecule has 0 spiro atoms. The third-order valence-corrected chi connectivity index (χ3v) is 4.05. The van der Waals surface area contributed by atoms with E-state index in [0.717, 1.165) is 38.5 Å². The largest absolute Gasteiger partial charge is 0.328 e. The standard InChI is InChI=1S/C12H27O3P.Ni/c1-3-5-7-9-11-15-16(13,14)12-10-8-6-4-2;/h3-12H2,1-2H3,(H,13,14);. The summed E-state index contributed by atoms with van der Waals surface area (Å²) in [6.07, 6.45) is 8.77. The van der Waals surface area contributed by atoms with Crippen molar-refractivity contribution < 1.29 is 30.5 Å². The summed E-state index contributed by atoms with van der Waals surface area (Å²) < 4.78 is 16.6. The molecule has 0 saturated carbocycles. The average molecular weight is 309 g/mol. The summed E-state index contributed by atoms with van der Waals surface area (Å²) in [6.45, 7) is 4.70. The molecule has 0 aliphatic rings. The second-order valence-corrected chi connectivity index (χ2v) is 6.30. The van der Waals surface area contributed by atoms with Crippen molar-refractivity contribution in [2.75, 3.05) is 12.8 Å². The Hall–Kier alpha value is 0.644. The van der Waals surface area contributed by atoms with Gasteiger partial charge in [-0.15, -0.1) is 0 Å². The molecule has 3 nitrogen and oxygen atoms in total. The topological polar surface area (TPSA) is 46.5 Å². The second kappa shape index (κ2) is 13.1. The van der Waals surface area contributed by atoms with Crippen molar-refractivity contribution in [2.45, 2.75) is 65.2 Å². The van der Waals surface area contributed by atoms with E-state index in [2.05, 4.69) is 13.8 Å². The molecule has 0 fully saturated rings. The van der Waals surface area contributed by atoms with Crippen molar-refractivity contribution in [3.63, 3.8) is 0 Å². The Kier molecular flexibility index (Phi) is 15.4. The van der Waals surface area contributed by atoms with Gasteiger partial charge in [0.15, 0.2) is 0 Å². The van der Waals surface area contributed by atoms with Crippen LogP contribution in [0.25, 0.3) is 0 Å². The molecule has 0 amide bonds. The van der Waals surface area contributed by atoms with Gasteiger partial charge < -0.3 is 9.42 Å². The van der Waals surface area contributed by atoms with Crippen LogP contribution in [0.1, 0.15) is 65.2 Å². The van der Waals surface area contributed by atoms with Gasteiger partial charge in [0.1, 0.15) is 0 Å². The van der Waals surface area contributed by atoms with E-state index in [1.54, 1.807) is 0 Å². The van der Waals surface area contributed by atoms with Gasteiger partial charge in [0.05, 0.1) is 6.61 Å². The fourth-order valence-corrected chi connectivity index (χ4v) is 2.71. The molecule has 0 rings (SSSR count). The van der Waals surface area contributed by atoms with Crippen molar-refractivity contribution in [3.8, 4) is 0 Å². The number of rotatable bonds is 11. The van der Waals surface area contributed by atoms with Gasteiger partial charge in [-0.2, -0.15) is 0 Å². The minimum atomic E-state index is -3.28. The smallest absolute Gasteiger partial charge is 0.324 e. The number of hydrogen-bond acceptors (Lipinski definition) is 2. The SMILES string of the molecule is CCCCCCOP(=O)(O)CCCCCC.[Ni]. The summed E-state index contributed by atoms with van der Waals surface area (Å²) in [4.78, 5) is 9.50. The number of hydrogen-bond donors (Lipinski definition) is 1. The third-order valence-electron chi connectivity index (χ3n) is 2.59. The van der Waals surface area contributed by atoms with Gasteiger partial charge in [0.2, 0.25) is 0 Å². The van der Waals surface area contributed by atoms with E-state index in [1.165, 1.54) is 12.8 Å². The van der Waals surface area contributed by atoms with Gasteiger partial charge >= 0.3 is 7.60 Å². The molecule has 0 radical (unpaired) electrons. The van der Waals surface area contributed by atoms with Gasteiger partial charge in [0.25, 0.3) is 0 Å². The fourth-order valence-electron chi connectivity index (χ4n) is 1.54. The quantitative estimate of drug-likeness (QED) is 0.351. The van der Waals surface area contributed by atoms with E-state index < -0.39 is 7.60 Å². The zero-order valence-electron chi connectivity index (χ0n) is 11.1. The summed E-state index contributed by atoms with van der Waals surface area (Å²) in [5.41, 5.74) is 0. The first-order valence-electron chi connectivity index (χ1n) is 6.58. The molecule has 1 N–H and O–H groups in total. The van der Waals surface area contributed by atoms with Crippen LogP contribution in [-0.4, -0.2) is 17.7 Å². The van der Waals surface area contributed by atoms with E-state index in [4.69, 9.17) is 4.52 Å². The van der Waals surface area contributed by atoms with Crippen molar-refractivity contribution in [1.29, 1.82) is 0 Å². The summed E-state index contributed by atoms with van der Waals surface area (Å²) in [5, 5.41) is 0. The maximum Gasteiger partial charge on any atom is 0.328 e. The number of unbranched alkanes of at least 4 members (excludes halogenated alkanes) is 6. The van der Waals surface area contributed by atoms with Crippen LogP contribution < -0.4 is 0 Å². The van der Waals surface area contributed by atoms with Crippen LogP contribution in [0.3, 0.4) is 0 Å². The summed E-state index contributed by atoms with van der Waals surface area (Å²) in [5.74, 6) is 0. The molecule has 0 bridgehead atoms. The van der Waals surface area contributed by atoms with Crippen LogP contribution in [0, 0.1) is 0 Å². The van der Waals surface area contributed by atoms with Gasteiger partial charge in [0, 0.05) is 22.7 Å². The predicted octanol–water partition coefficient (Wildman–Crippen LogP) is 4.35. The van der Waals surface area contributed by atoms with Gasteiger partial charge in [-0.25, -0.2) is 0 Å². The van der Waals surface area contributed by atoms with Crippen molar-refractivity contribution in [2.24, 2.45) is 0 Å². The van der Waals surface area contributed by atoms with Gasteiger partial charge in [-0.05, 0) is 12.8 Å². The maximum atomic E-state index is 11.5. The Bertz CT molecular complexity index is 200. The Labute approximate surface area is 116 Å². The minimum Gasteiger partial charge on any atom is -0.324 e. The Morgan fingerprint density at radius 3 is 2.00 bits per heavy atom. The van der Waals surface area contributed by atoms with E-state index in [-0.39, 0.29) is 16.5 Å². The molecule has 0 aromatic rings.